The van der Waals surface area contributed by atoms with Crippen LogP contribution in [0.15, 0.2) is 4.90 Å². The predicted molar refractivity (Wildman–Crippen MR) is 82.1 cm³/mol. The molecule has 0 aliphatic carbocycles. The smallest absolute Gasteiger partial charge is 0.273 e. The maximum absolute atomic E-state index is 12.3. The maximum Gasteiger partial charge on any atom is 0.273 e. The van der Waals surface area contributed by atoms with Crippen molar-refractivity contribution in [2.45, 2.75) is 63.8 Å². The van der Waals surface area contributed by atoms with Crippen LogP contribution < -0.4 is 5.32 Å². The molecule has 0 bridgehead atoms. The number of hydrogen-bond donors (Lipinski definition) is 2. The van der Waals surface area contributed by atoms with Gasteiger partial charge in [-0.05, 0) is 19.3 Å². The Morgan fingerprint density at radius 3 is 2.48 bits per heavy atom. The van der Waals surface area contributed by atoms with Crippen LogP contribution in [0.2, 0.25) is 0 Å². The van der Waals surface area contributed by atoms with Crippen LogP contribution in [0.1, 0.15) is 62.6 Å². The zero-order valence-electron chi connectivity index (χ0n) is 12.6. The Labute approximate surface area is 130 Å². The van der Waals surface area contributed by atoms with E-state index in [1.807, 2.05) is 20.8 Å². The minimum atomic E-state index is -4.03. The lowest BCUT2D eigenvalue weighted by Gasteiger charge is -2.15. The summed E-state index contributed by atoms with van der Waals surface area (Å²) < 4.78 is 23.4. The number of carbonyl (C=O) groups excluding carboxylic acids is 1. The third kappa shape index (κ3) is 4.71. The first-order chi connectivity index (χ1) is 9.85. The molecule has 0 aliphatic heterocycles. The van der Waals surface area contributed by atoms with Gasteiger partial charge in [0.25, 0.3) is 15.0 Å². The van der Waals surface area contributed by atoms with Gasteiger partial charge in [-0.15, -0.1) is 0 Å². The molecule has 0 saturated carbocycles. The van der Waals surface area contributed by atoms with Crippen LogP contribution in [0.3, 0.4) is 0 Å². The van der Waals surface area contributed by atoms with E-state index in [9.17, 15) is 13.2 Å². The fourth-order valence-corrected chi connectivity index (χ4v) is 3.49. The van der Waals surface area contributed by atoms with Crippen molar-refractivity contribution < 1.29 is 13.2 Å². The number of halogens is 1. The third-order valence-corrected chi connectivity index (χ3v) is 4.61. The van der Waals surface area contributed by atoms with E-state index in [1.54, 1.807) is 0 Å². The number of aromatic amines is 1. The van der Waals surface area contributed by atoms with E-state index in [4.69, 9.17) is 10.7 Å². The first kappa shape index (κ1) is 18.0. The zero-order chi connectivity index (χ0) is 16.0. The van der Waals surface area contributed by atoms with Crippen LogP contribution in [0.4, 0.5) is 0 Å². The molecule has 8 heteroatoms. The second kappa shape index (κ2) is 7.79. The Kier molecular flexibility index (Phi) is 6.67. The Morgan fingerprint density at radius 2 is 2.00 bits per heavy atom. The first-order valence-corrected chi connectivity index (χ1v) is 9.48. The van der Waals surface area contributed by atoms with Crippen LogP contribution in [0, 0.1) is 0 Å². The highest BCUT2D eigenvalue weighted by Crippen LogP contribution is 2.23. The Balaban J connectivity index is 3.10. The fraction of sp³-hybridized carbons (Fsp3) is 0.692. The summed E-state index contributed by atoms with van der Waals surface area (Å²) in [5, 5.41) is 9.27. The number of rotatable bonds is 8. The molecular weight excluding hydrogens is 314 g/mol. The minimum Gasteiger partial charge on any atom is -0.348 e. The van der Waals surface area contributed by atoms with Gasteiger partial charge in [-0.3, -0.25) is 9.89 Å². The van der Waals surface area contributed by atoms with Crippen molar-refractivity contribution >= 4 is 25.6 Å². The molecule has 1 heterocycles. The van der Waals surface area contributed by atoms with E-state index in [0.29, 0.717) is 12.1 Å². The van der Waals surface area contributed by atoms with E-state index in [-0.39, 0.29) is 16.6 Å². The number of hydrogen-bond acceptors (Lipinski definition) is 4. The normalized spacial score (nSPS) is 13.1. The van der Waals surface area contributed by atoms with Gasteiger partial charge in [-0.2, -0.15) is 5.10 Å². The minimum absolute atomic E-state index is 0.000273. The van der Waals surface area contributed by atoms with Gasteiger partial charge in [0, 0.05) is 16.7 Å². The number of nitrogens with zero attached hydrogens (tertiary/aromatic N) is 1. The summed E-state index contributed by atoms with van der Waals surface area (Å²) in [6.45, 7) is 5.89. The Bertz CT molecular complexity index is 583. The number of nitrogens with one attached hydrogen (secondary N) is 2. The van der Waals surface area contributed by atoms with Crippen molar-refractivity contribution in [3.8, 4) is 0 Å². The second-order valence-electron chi connectivity index (χ2n) is 4.94. The summed E-state index contributed by atoms with van der Waals surface area (Å²) in [6.07, 6.45) is 3.72. The molecule has 0 aromatic carbocycles. The number of carbonyl (C=O) groups is 1. The van der Waals surface area contributed by atoms with E-state index < -0.39 is 15.0 Å². The highest BCUT2D eigenvalue weighted by Gasteiger charge is 2.28. The average Bonchev–Trinajstić information content (AvgIpc) is 2.82. The molecule has 1 amide bonds. The predicted octanol–water partition coefficient (Wildman–Crippen LogP) is 2.60. The number of amides is 1. The molecule has 6 nitrogen and oxygen atoms in total. The van der Waals surface area contributed by atoms with Crippen molar-refractivity contribution in [1.82, 2.24) is 15.5 Å². The molecule has 1 unspecified atom stereocenters. The van der Waals surface area contributed by atoms with Crippen LogP contribution in [-0.2, 0) is 15.5 Å². The van der Waals surface area contributed by atoms with Crippen LogP contribution in [0.25, 0.3) is 0 Å². The van der Waals surface area contributed by atoms with Gasteiger partial charge in [-0.1, -0.05) is 33.6 Å². The molecule has 1 aromatic heterocycles. The summed E-state index contributed by atoms with van der Waals surface area (Å²) in [5.74, 6) is -0.506. The molecule has 1 rings (SSSR count). The number of H-pyrrole nitrogens is 1. The summed E-state index contributed by atoms with van der Waals surface area (Å²) in [5.41, 5.74) is 0.226. The summed E-state index contributed by atoms with van der Waals surface area (Å²) in [7, 11) is 1.43. The SMILES string of the molecule is CCCc1[nH]nc(C(=O)NC(CC)CCC)c1S(=O)(=O)Cl. The summed E-state index contributed by atoms with van der Waals surface area (Å²) >= 11 is 0. The monoisotopic (exact) mass is 335 g/mol. The van der Waals surface area contributed by atoms with Gasteiger partial charge < -0.3 is 5.32 Å². The molecule has 2 N–H and O–H groups in total. The van der Waals surface area contributed by atoms with Gasteiger partial charge in [0.05, 0.1) is 5.69 Å². The molecule has 120 valence electrons. The lowest BCUT2D eigenvalue weighted by Crippen LogP contribution is -2.35. The van der Waals surface area contributed by atoms with Crippen molar-refractivity contribution in [2.75, 3.05) is 0 Å². The molecule has 1 atom stereocenters. The molecule has 0 fully saturated rings. The van der Waals surface area contributed by atoms with Gasteiger partial charge in [-0.25, -0.2) is 8.42 Å². The standard InChI is InChI=1S/C13H22ClN3O3S/c1-4-7-9(6-3)15-13(18)11-12(21(14,19)20)10(8-5-2)16-17-11/h9H,4-8H2,1-3H3,(H,15,18)(H,16,17). The molecule has 0 saturated heterocycles. The van der Waals surface area contributed by atoms with Gasteiger partial charge in [0.15, 0.2) is 5.69 Å². The molecule has 0 spiro atoms. The quantitative estimate of drug-likeness (QED) is 0.714. The highest BCUT2D eigenvalue weighted by atomic mass is 35.7. The van der Waals surface area contributed by atoms with Gasteiger partial charge >= 0.3 is 0 Å². The Hall–Kier alpha value is -1.08. The Morgan fingerprint density at radius 1 is 1.33 bits per heavy atom. The van der Waals surface area contributed by atoms with E-state index >= 15 is 0 Å². The maximum atomic E-state index is 12.3. The molecule has 0 aliphatic rings. The lowest BCUT2D eigenvalue weighted by atomic mass is 10.1. The van der Waals surface area contributed by atoms with Crippen molar-refractivity contribution in [1.29, 1.82) is 0 Å². The van der Waals surface area contributed by atoms with Crippen LogP contribution in [0.5, 0.6) is 0 Å². The average molecular weight is 336 g/mol. The molecule has 21 heavy (non-hydrogen) atoms. The van der Waals surface area contributed by atoms with Crippen LogP contribution in [-0.4, -0.2) is 30.6 Å². The van der Waals surface area contributed by atoms with Crippen molar-refractivity contribution in [3.05, 3.63) is 11.4 Å². The van der Waals surface area contributed by atoms with Crippen molar-refractivity contribution in [3.63, 3.8) is 0 Å². The largest absolute Gasteiger partial charge is 0.348 e. The third-order valence-electron chi connectivity index (χ3n) is 3.22. The molecule has 0 radical (unpaired) electrons. The lowest BCUT2D eigenvalue weighted by molar-refractivity contribution is 0.0925. The topological polar surface area (TPSA) is 91.9 Å². The molecule has 1 aromatic rings. The number of aromatic nitrogens is 2. The summed E-state index contributed by atoms with van der Waals surface area (Å²) in [6, 6.07) is -0.000273. The first-order valence-electron chi connectivity index (χ1n) is 7.17. The van der Waals surface area contributed by atoms with E-state index in [2.05, 4.69) is 15.5 Å². The number of aryl methyl sites for hydroxylation is 1. The van der Waals surface area contributed by atoms with Gasteiger partial charge in [0.2, 0.25) is 0 Å². The van der Waals surface area contributed by atoms with E-state index in [0.717, 1.165) is 25.7 Å². The van der Waals surface area contributed by atoms with Crippen molar-refractivity contribution in [2.24, 2.45) is 0 Å². The highest BCUT2D eigenvalue weighted by molar-refractivity contribution is 8.13. The van der Waals surface area contributed by atoms with Crippen LogP contribution >= 0.6 is 10.7 Å². The fourth-order valence-electron chi connectivity index (χ4n) is 2.18. The van der Waals surface area contributed by atoms with E-state index in [1.165, 1.54) is 0 Å². The molecular formula is C13H22ClN3O3S. The second-order valence-corrected chi connectivity index (χ2v) is 7.44. The summed E-state index contributed by atoms with van der Waals surface area (Å²) in [4.78, 5) is 12.1. The zero-order valence-corrected chi connectivity index (χ0v) is 14.1. The van der Waals surface area contributed by atoms with Gasteiger partial charge in [0.1, 0.15) is 4.90 Å².